The summed E-state index contributed by atoms with van der Waals surface area (Å²) in [5.41, 5.74) is 1.91. The molecule has 2 rings (SSSR count). The quantitative estimate of drug-likeness (QED) is 0.752. The number of carbonyl (C=O) groups excluding carboxylic acids is 1. The first-order valence-electron chi connectivity index (χ1n) is 7.89. The molecule has 4 nitrogen and oxygen atoms in total. The van der Waals surface area contributed by atoms with E-state index < -0.39 is 0 Å². The Balaban J connectivity index is 1.80. The summed E-state index contributed by atoms with van der Waals surface area (Å²) in [6.07, 6.45) is 3.58. The van der Waals surface area contributed by atoms with Crippen LogP contribution in [0.15, 0.2) is 24.3 Å². The van der Waals surface area contributed by atoms with E-state index in [1.165, 1.54) is 12.8 Å². The van der Waals surface area contributed by atoms with Crippen molar-refractivity contribution in [2.24, 2.45) is 11.8 Å². The summed E-state index contributed by atoms with van der Waals surface area (Å²) in [5, 5.41) is 15.2. The summed E-state index contributed by atoms with van der Waals surface area (Å²) in [6.45, 7) is 4.48. The van der Waals surface area contributed by atoms with Gasteiger partial charge >= 0.3 is 0 Å². The lowest BCUT2D eigenvalue weighted by atomic mass is 9.84. The second-order valence-electron chi connectivity index (χ2n) is 5.99. The third-order valence-corrected chi connectivity index (χ3v) is 4.33. The first kappa shape index (κ1) is 16.0. The van der Waals surface area contributed by atoms with Crippen molar-refractivity contribution in [3.05, 3.63) is 29.8 Å². The van der Waals surface area contributed by atoms with Crippen molar-refractivity contribution >= 4 is 11.6 Å². The van der Waals surface area contributed by atoms with Gasteiger partial charge in [0.25, 0.3) is 0 Å². The Morgan fingerprint density at radius 1 is 1.33 bits per heavy atom. The zero-order chi connectivity index (χ0) is 15.1. The van der Waals surface area contributed by atoms with Crippen LogP contribution < -0.4 is 10.6 Å². The summed E-state index contributed by atoms with van der Waals surface area (Å²) in [4.78, 5) is 12.1. The molecule has 3 N–H and O–H groups in total. The molecule has 0 bridgehead atoms. The fraction of sp³-hybridized carbons (Fsp3) is 0.588. The molecule has 1 heterocycles. The van der Waals surface area contributed by atoms with E-state index in [1.807, 2.05) is 24.3 Å². The highest BCUT2D eigenvalue weighted by molar-refractivity contribution is 5.90. The molecular weight excluding hydrogens is 264 g/mol. The monoisotopic (exact) mass is 290 g/mol. The highest BCUT2D eigenvalue weighted by Crippen LogP contribution is 2.24. The van der Waals surface area contributed by atoms with Crippen molar-refractivity contribution in [3.8, 4) is 0 Å². The molecule has 1 atom stereocenters. The molecule has 4 heteroatoms. The third kappa shape index (κ3) is 5.14. The summed E-state index contributed by atoms with van der Waals surface area (Å²) in [7, 11) is 0. The van der Waals surface area contributed by atoms with Crippen LogP contribution in [0.2, 0.25) is 0 Å². The molecule has 1 fully saturated rings. The van der Waals surface area contributed by atoms with Gasteiger partial charge in [0.05, 0.1) is 0 Å². The minimum Gasteiger partial charge on any atom is -0.396 e. The van der Waals surface area contributed by atoms with Gasteiger partial charge < -0.3 is 15.7 Å². The Hall–Kier alpha value is -1.39. The van der Waals surface area contributed by atoms with Crippen LogP contribution in [0.4, 0.5) is 5.69 Å². The number of carbonyl (C=O) groups is 1. The van der Waals surface area contributed by atoms with E-state index in [1.54, 1.807) is 0 Å². The van der Waals surface area contributed by atoms with E-state index in [2.05, 4.69) is 17.6 Å². The highest BCUT2D eigenvalue weighted by Gasteiger charge is 2.21. The van der Waals surface area contributed by atoms with Gasteiger partial charge in [0.1, 0.15) is 0 Å². The van der Waals surface area contributed by atoms with Gasteiger partial charge in [0.15, 0.2) is 0 Å². The third-order valence-electron chi connectivity index (χ3n) is 4.33. The SMILES string of the molecule is CC(CC(=O)Nc1ccc(CCO)cc1)C1CCNCC1. The highest BCUT2D eigenvalue weighted by atomic mass is 16.2. The Kier molecular flexibility index (Phi) is 6.21. The van der Waals surface area contributed by atoms with Crippen molar-refractivity contribution in [3.63, 3.8) is 0 Å². The molecule has 1 aromatic rings. The van der Waals surface area contributed by atoms with E-state index in [0.717, 1.165) is 24.3 Å². The normalized spacial score (nSPS) is 17.4. The van der Waals surface area contributed by atoms with Gasteiger partial charge in [-0.15, -0.1) is 0 Å². The van der Waals surface area contributed by atoms with E-state index in [4.69, 9.17) is 5.11 Å². The number of aliphatic hydroxyl groups excluding tert-OH is 1. The first-order chi connectivity index (χ1) is 10.2. The van der Waals surface area contributed by atoms with Crippen LogP contribution in [0.25, 0.3) is 0 Å². The van der Waals surface area contributed by atoms with Gasteiger partial charge in [-0.1, -0.05) is 19.1 Å². The van der Waals surface area contributed by atoms with Crippen molar-refractivity contribution in [1.29, 1.82) is 0 Å². The molecule has 0 saturated carbocycles. The van der Waals surface area contributed by atoms with E-state index in [0.29, 0.717) is 24.7 Å². The molecule has 0 spiro atoms. The Labute approximate surface area is 126 Å². The standard InChI is InChI=1S/C17H26N2O2/c1-13(15-6-9-18-10-7-15)12-17(21)19-16-4-2-14(3-5-16)8-11-20/h2-5,13,15,18,20H,6-12H2,1H3,(H,19,21). The number of hydrogen-bond donors (Lipinski definition) is 3. The van der Waals surface area contributed by atoms with E-state index in [9.17, 15) is 4.79 Å². The topological polar surface area (TPSA) is 61.4 Å². The van der Waals surface area contributed by atoms with Crippen LogP contribution in [0.1, 0.15) is 31.7 Å². The lowest BCUT2D eigenvalue weighted by molar-refractivity contribution is -0.117. The second kappa shape index (κ2) is 8.15. The van der Waals surface area contributed by atoms with Gasteiger partial charge in [-0.25, -0.2) is 0 Å². The van der Waals surface area contributed by atoms with Crippen LogP contribution in [0.5, 0.6) is 0 Å². The molecule has 0 aromatic heterocycles. The smallest absolute Gasteiger partial charge is 0.224 e. The average molecular weight is 290 g/mol. The molecule has 0 radical (unpaired) electrons. The molecule has 1 aromatic carbocycles. The maximum Gasteiger partial charge on any atom is 0.224 e. The lowest BCUT2D eigenvalue weighted by Gasteiger charge is -2.27. The Morgan fingerprint density at radius 2 is 2.00 bits per heavy atom. The fourth-order valence-corrected chi connectivity index (χ4v) is 2.97. The molecule has 21 heavy (non-hydrogen) atoms. The van der Waals surface area contributed by atoms with Crippen molar-refractivity contribution in [1.82, 2.24) is 5.32 Å². The molecule has 0 aliphatic carbocycles. The van der Waals surface area contributed by atoms with Crippen LogP contribution in [0.3, 0.4) is 0 Å². The van der Waals surface area contributed by atoms with Gasteiger partial charge in [-0.2, -0.15) is 0 Å². The fourth-order valence-electron chi connectivity index (χ4n) is 2.97. The number of anilines is 1. The summed E-state index contributed by atoms with van der Waals surface area (Å²) < 4.78 is 0. The predicted octanol–water partition coefficient (Wildman–Crippen LogP) is 2.19. The zero-order valence-corrected chi connectivity index (χ0v) is 12.8. The van der Waals surface area contributed by atoms with Gasteiger partial charge in [-0.05, 0) is 61.9 Å². The van der Waals surface area contributed by atoms with Crippen LogP contribution >= 0.6 is 0 Å². The molecular formula is C17H26N2O2. The van der Waals surface area contributed by atoms with Gasteiger partial charge in [-0.3, -0.25) is 4.79 Å². The largest absolute Gasteiger partial charge is 0.396 e. The summed E-state index contributed by atoms with van der Waals surface area (Å²) in [6, 6.07) is 7.69. The van der Waals surface area contributed by atoms with Crippen molar-refractivity contribution < 1.29 is 9.90 Å². The summed E-state index contributed by atoms with van der Waals surface area (Å²) in [5.74, 6) is 1.18. The van der Waals surface area contributed by atoms with Crippen LogP contribution in [0, 0.1) is 11.8 Å². The molecule has 1 aliphatic heterocycles. The van der Waals surface area contributed by atoms with Gasteiger partial charge in [0.2, 0.25) is 5.91 Å². The van der Waals surface area contributed by atoms with Gasteiger partial charge in [0, 0.05) is 18.7 Å². The van der Waals surface area contributed by atoms with Crippen molar-refractivity contribution in [2.75, 3.05) is 25.0 Å². The number of benzene rings is 1. The Morgan fingerprint density at radius 3 is 2.62 bits per heavy atom. The predicted molar refractivity (Wildman–Crippen MR) is 85.2 cm³/mol. The number of aliphatic hydroxyl groups is 1. The number of nitrogens with one attached hydrogen (secondary N) is 2. The van der Waals surface area contributed by atoms with Crippen LogP contribution in [-0.2, 0) is 11.2 Å². The molecule has 116 valence electrons. The number of hydrogen-bond acceptors (Lipinski definition) is 3. The zero-order valence-electron chi connectivity index (χ0n) is 12.8. The van der Waals surface area contributed by atoms with Crippen LogP contribution in [-0.4, -0.2) is 30.7 Å². The lowest BCUT2D eigenvalue weighted by Crippen LogP contribution is -2.32. The average Bonchev–Trinajstić information content (AvgIpc) is 2.50. The second-order valence-corrected chi connectivity index (χ2v) is 5.99. The maximum atomic E-state index is 12.1. The molecule has 1 saturated heterocycles. The minimum absolute atomic E-state index is 0.0935. The van der Waals surface area contributed by atoms with E-state index >= 15 is 0 Å². The van der Waals surface area contributed by atoms with Crippen molar-refractivity contribution in [2.45, 2.75) is 32.6 Å². The number of amides is 1. The number of rotatable bonds is 6. The molecule has 1 unspecified atom stereocenters. The first-order valence-corrected chi connectivity index (χ1v) is 7.89. The molecule has 1 amide bonds. The number of piperidine rings is 1. The maximum absolute atomic E-state index is 12.1. The summed E-state index contributed by atoms with van der Waals surface area (Å²) >= 11 is 0. The minimum atomic E-state index is 0.0935. The Bertz CT molecular complexity index is 439. The van der Waals surface area contributed by atoms with E-state index in [-0.39, 0.29) is 12.5 Å². The molecule has 1 aliphatic rings.